The van der Waals surface area contributed by atoms with E-state index in [2.05, 4.69) is 21.3 Å². The summed E-state index contributed by atoms with van der Waals surface area (Å²) in [6.07, 6.45) is -7.72. The van der Waals surface area contributed by atoms with Crippen LogP contribution >= 0.6 is 0 Å². The van der Waals surface area contributed by atoms with E-state index in [4.69, 9.17) is 9.47 Å². The van der Waals surface area contributed by atoms with Crippen LogP contribution in [0.4, 0.5) is 4.79 Å². The van der Waals surface area contributed by atoms with E-state index in [-0.39, 0.29) is 19.3 Å². The summed E-state index contributed by atoms with van der Waals surface area (Å²) >= 11 is 0. The lowest BCUT2D eigenvalue weighted by Gasteiger charge is -2.31. The molecule has 3 aromatic carbocycles. The Morgan fingerprint density at radius 3 is 1.63 bits per heavy atom. The Bertz CT molecular complexity index is 1680. The van der Waals surface area contributed by atoms with Crippen molar-refractivity contribution < 1.29 is 53.9 Å². The summed E-state index contributed by atoms with van der Waals surface area (Å²) in [5.74, 6) is -3.37. The van der Waals surface area contributed by atoms with Gasteiger partial charge >= 0.3 is 12.1 Å². The maximum absolute atomic E-state index is 13.5. The average molecular weight is 793 g/mol. The Morgan fingerprint density at radius 1 is 0.649 bits per heavy atom. The highest BCUT2D eigenvalue weighted by molar-refractivity contribution is 5.91. The van der Waals surface area contributed by atoms with Gasteiger partial charge in [0.25, 0.3) is 5.91 Å². The van der Waals surface area contributed by atoms with Gasteiger partial charge in [-0.2, -0.15) is 0 Å². The zero-order chi connectivity index (χ0) is 42.1. The standard InChI is InChI=1S/C42H56N4O11/c1-6-17-30(46-41(55)57-42(3,4)5)39(53)43-29(7-2)38(52)45-32(25-47)34(49)35(50)36(51)40(54)44-31(26-18-11-8-12-19-26)24-33(48)56-37(27-20-13-9-14-21-27)28-22-15-10-16-23-28/h8-16,18-23,29-32,34-37,47,49-51H,6-7,17,24-25H2,1-5H3,(H,43,53)(H,44,54)(H,45,52)(H,46,55)/t29-,30-,31-,32-,34+,35+,36-/m0/s1. The van der Waals surface area contributed by atoms with E-state index in [1.54, 1.807) is 65.0 Å². The van der Waals surface area contributed by atoms with Crippen LogP contribution in [-0.2, 0) is 28.7 Å². The molecule has 0 aromatic heterocycles. The van der Waals surface area contributed by atoms with Crippen LogP contribution in [0.5, 0.6) is 0 Å². The van der Waals surface area contributed by atoms with Crippen LogP contribution in [0.25, 0.3) is 0 Å². The van der Waals surface area contributed by atoms with Crippen molar-refractivity contribution in [1.29, 1.82) is 0 Å². The number of amides is 4. The molecule has 0 unspecified atom stereocenters. The van der Waals surface area contributed by atoms with Gasteiger partial charge in [-0.3, -0.25) is 19.2 Å². The molecule has 0 aliphatic carbocycles. The van der Waals surface area contributed by atoms with Crippen molar-refractivity contribution in [2.24, 2.45) is 0 Å². The number of alkyl carbamates (subject to hydrolysis) is 1. The molecule has 8 N–H and O–H groups in total. The van der Waals surface area contributed by atoms with Crippen LogP contribution < -0.4 is 21.3 Å². The fraction of sp³-hybridized carbons (Fsp3) is 0.452. The Morgan fingerprint density at radius 2 is 1.16 bits per heavy atom. The van der Waals surface area contributed by atoms with E-state index >= 15 is 0 Å². The van der Waals surface area contributed by atoms with Gasteiger partial charge in [0.05, 0.1) is 25.1 Å². The second-order valence-corrected chi connectivity index (χ2v) is 14.5. The van der Waals surface area contributed by atoms with E-state index in [1.807, 2.05) is 60.7 Å². The molecule has 310 valence electrons. The minimum absolute atomic E-state index is 0.0609. The van der Waals surface area contributed by atoms with Gasteiger partial charge in [-0.15, -0.1) is 0 Å². The summed E-state index contributed by atoms with van der Waals surface area (Å²) < 4.78 is 11.2. The molecule has 3 aromatic rings. The quantitative estimate of drug-likeness (QED) is 0.0776. The lowest BCUT2D eigenvalue weighted by atomic mass is 9.98. The molecule has 0 saturated heterocycles. The number of carbonyl (C=O) groups excluding carboxylic acids is 5. The van der Waals surface area contributed by atoms with Gasteiger partial charge in [0.15, 0.2) is 12.2 Å². The molecule has 0 heterocycles. The number of ether oxygens (including phenoxy) is 2. The Balaban J connectivity index is 1.69. The molecule has 3 rings (SSSR count). The van der Waals surface area contributed by atoms with Crippen LogP contribution in [0.2, 0.25) is 0 Å². The van der Waals surface area contributed by atoms with Gasteiger partial charge in [-0.05, 0) is 50.3 Å². The van der Waals surface area contributed by atoms with Crippen molar-refractivity contribution in [2.75, 3.05) is 6.61 Å². The summed E-state index contributed by atoms with van der Waals surface area (Å²) in [5, 5.41) is 52.8. The van der Waals surface area contributed by atoms with Gasteiger partial charge in [0.1, 0.15) is 29.9 Å². The van der Waals surface area contributed by atoms with Gasteiger partial charge in [0, 0.05) is 0 Å². The number of benzene rings is 3. The summed E-state index contributed by atoms with van der Waals surface area (Å²) in [6, 6.07) is 21.8. The zero-order valence-corrected chi connectivity index (χ0v) is 33.0. The summed E-state index contributed by atoms with van der Waals surface area (Å²) in [4.78, 5) is 65.5. The van der Waals surface area contributed by atoms with Crippen LogP contribution in [0, 0.1) is 0 Å². The van der Waals surface area contributed by atoms with Crippen molar-refractivity contribution in [2.45, 2.75) is 114 Å². The Kier molecular flexibility index (Phi) is 18.1. The van der Waals surface area contributed by atoms with Crippen LogP contribution in [0.3, 0.4) is 0 Å². The van der Waals surface area contributed by atoms with E-state index in [1.165, 1.54) is 0 Å². The topological polar surface area (TPSA) is 233 Å². The zero-order valence-electron chi connectivity index (χ0n) is 33.0. The molecule has 0 radical (unpaired) electrons. The molecule has 4 amide bonds. The number of rotatable bonds is 20. The lowest BCUT2D eigenvalue weighted by molar-refractivity contribution is -0.149. The number of nitrogens with one attached hydrogen (secondary N) is 4. The number of hydrogen-bond donors (Lipinski definition) is 8. The molecule has 0 aliphatic heterocycles. The average Bonchev–Trinajstić information content (AvgIpc) is 3.19. The van der Waals surface area contributed by atoms with Crippen molar-refractivity contribution in [3.05, 3.63) is 108 Å². The number of hydrogen-bond acceptors (Lipinski definition) is 11. The number of esters is 1. The second kappa shape index (κ2) is 22.4. The van der Waals surface area contributed by atoms with Gasteiger partial charge < -0.3 is 51.2 Å². The highest BCUT2D eigenvalue weighted by Gasteiger charge is 2.38. The fourth-order valence-corrected chi connectivity index (χ4v) is 5.86. The smallest absolute Gasteiger partial charge is 0.408 e. The lowest BCUT2D eigenvalue weighted by Crippen LogP contribution is -2.60. The van der Waals surface area contributed by atoms with Gasteiger partial charge in [-0.25, -0.2) is 4.79 Å². The minimum Gasteiger partial charge on any atom is -0.452 e. The molecule has 15 heteroatoms. The second-order valence-electron chi connectivity index (χ2n) is 14.5. The van der Waals surface area contributed by atoms with Crippen LogP contribution in [0.1, 0.15) is 89.1 Å². The molecule has 57 heavy (non-hydrogen) atoms. The van der Waals surface area contributed by atoms with E-state index < -0.39 is 90.6 Å². The Labute approximate surface area is 333 Å². The highest BCUT2D eigenvalue weighted by atomic mass is 16.6. The maximum Gasteiger partial charge on any atom is 0.408 e. The molecule has 0 fully saturated rings. The van der Waals surface area contributed by atoms with E-state index in [0.29, 0.717) is 12.0 Å². The molecular weight excluding hydrogens is 736 g/mol. The number of aliphatic hydroxyl groups excluding tert-OH is 4. The molecule has 7 atom stereocenters. The third-order valence-corrected chi connectivity index (χ3v) is 8.85. The molecule has 0 bridgehead atoms. The first-order valence-corrected chi connectivity index (χ1v) is 19.0. The first kappa shape index (κ1) is 46.0. The number of aliphatic hydroxyl groups is 4. The molecule has 0 saturated carbocycles. The summed E-state index contributed by atoms with van der Waals surface area (Å²) in [7, 11) is 0. The number of carbonyl (C=O) groups is 5. The van der Waals surface area contributed by atoms with Crippen LogP contribution in [-0.4, -0.2) is 98.9 Å². The predicted octanol–water partition coefficient (Wildman–Crippen LogP) is 2.71. The first-order valence-electron chi connectivity index (χ1n) is 19.0. The normalized spacial score (nSPS) is 15.1. The minimum atomic E-state index is -2.29. The van der Waals surface area contributed by atoms with Gasteiger partial charge in [0.2, 0.25) is 11.8 Å². The first-order chi connectivity index (χ1) is 27.1. The predicted molar refractivity (Wildman–Crippen MR) is 210 cm³/mol. The Hall–Kier alpha value is -5.35. The largest absolute Gasteiger partial charge is 0.452 e. The molecular formula is C42H56N4O11. The maximum atomic E-state index is 13.5. The van der Waals surface area contributed by atoms with Crippen molar-refractivity contribution >= 4 is 29.8 Å². The van der Waals surface area contributed by atoms with E-state index in [0.717, 1.165) is 11.1 Å². The fourth-order valence-electron chi connectivity index (χ4n) is 5.86. The molecule has 0 aliphatic rings. The SMILES string of the molecule is CCC[C@H](NC(=O)OC(C)(C)C)C(=O)N[C@@H](CC)C(=O)N[C@@H](CO)[C@@H](O)[C@@H](O)[C@H](O)C(=O)N[C@@H](CC(=O)OC(c1ccccc1)c1ccccc1)c1ccccc1. The van der Waals surface area contributed by atoms with E-state index in [9.17, 15) is 44.4 Å². The monoisotopic (exact) mass is 792 g/mol. The summed E-state index contributed by atoms with van der Waals surface area (Å²) in [5.41, 5.74) is 1.12. The van der Waals surface area contributed by atoms with Gasteiger partial charge in [-0.1, -0.05) is 111 Å². The summed E-state index contributed by atoms with van der Waals surface area (Å²) in [6.45, 7) is 7.48. The molecule has 15 nitrogen and oxygen atoms in total. The third kappa shape index (κ3) is 14.6. The van der Waals surface area contributed by atoms with Crippen molar-refractivity contribution in [3.8, 4) is 0 Å². The van der Waals surface area contributed by atoms with Crippen LogP contribution in [0.15, 0.2) is 91.0 Å². The highest BCUT2D eigenvalue weighted by Crippen LogP contribution is 2.28. The van der Waals surface area contributed by atoms with Crippen molar-refractivity contribution in [3.63, 3.8) is 0 Å². The van der Waals surface area contributed by atoms with Crippen molar-refractivity contribution in [1.82, 2.24) is 21.3 Å². The molecule has 0 spiro atoms. The third-order valence-electron chi connectivity index (χ3n) is 8.85.